The van der Waals surface area contributed by atoms with Crippen LogP contribution >= 0.6 is 0 Å². The zero-order valence-corrected chi connectivity index (χ0v) is 22.7. The number of rotatable bonds is 12. The molecule has 0 saturated heterocycles. The second-order valence-corrected chi connectivity index (χ2v) is 10.1. The summed E-state index contributed by atoms with van der Waals surface area (Å²) in [6.07, 6.45) is -12.6. The molecule has 0 saturated carbocycles. The lowest BCUT2D eigenvalue weighted by Gasteiger charge is -2.43. The molecule has 19 heteroatoms. The van der Waals surface area contributed by atoms with Crippen molar-refractivity contribution in [2.45, 2.75) is 66.2 Å². The van der Waals surface area contributed by atoms with Crippen LogP contribution in [0.2, 0.25) is 0 Å². The first-order valence-corrected chi connectivity index (χ1v) is 12.6. The molecule has 3 aromatic rings. The van der Waals surface area contributed by atoms with E-state index in [4.69, 9.17) is 0 Å². The van der Waals surface area contributed by atoms with Gasteiger partial charge >= 0.3 is 47.6 Å². The summed E-state index contributed by atoms with van der Waals surface area (Å²) in [6, 6.07) is 13.5. The van der Waals surface area contributed by atoms with Gasteiger partial charge in [0.15, 0.2) is 0 Å². The van der Waals surface area contributed by atoms with E-state index < -0.39 is 66.2 Å². The highest BCUT2D eigenvalue weighted by atomic mass is 19.4. The van der Waals surface area contributed by atoms with E-state index in [0.29, 0.717) is 17.0 Å². The van der Waals surface area contributed by atoms with E-state index in [0.717, 1.165) is 12.1 Å². The van der Waals surface area contributed by atoms with E-state index in [1.807, 2.05) is 0 Å². The molecular weight excluding hydrogens is 689 g/mol. The van der Waals surface area contributed by atoms with Crippen molar-refractivity contribution in [1.29, 1.82) is 0 Å². The summed E-state index contributed by atoms with van der Waals surface area (Å²) in [5.41, 5.74) is -0.101. The highest BCUT2D eigenvalue weighted by Gasteiger charge is 2.95. The van der Waals surface area contributed by atoms with Crippen LogP contribution in [0, 0.1) is 0 Å². The summed E-state index contributed by atoms with van der Waals surface area (Å²) in [6.45, 7) is 0. The third-order valence-corrected chi connectivity index (χ3v) is 7.00. The van der Waals surface area contributed by atoms with Crippen LogP contribution in [0.3, 0.4) is 0 Å². The van der Waals surface area contributed by atoms with Crippen molar-refractivity contribution in [2.24, 2.45) is 4.99 Å². The fraction of sp³-hybridized carbons (Fsp3) is 0.393. The number of nitrogens with zero attached hydrogens (tertiary/aromatic N) is 1. The van der Waals surface area contributed by atoms with Crippen LogP contribution in [-0.4, -0.2) is 71.1 Å². The van der Waals surface area contributed by atoms with Gasteiger partial charge in [-0.25, -0.2) is 0 Å². The van der Waals surface area contributed by atoms with E-state index in [1.54, 1.807) is 18.2 Å². The average molecular weight is 707 g/mol. The lowest BCUT2D eigenvalue weighted by atomic mass is 9.85. The lowest BCUT2D eigenvalue weighted by molar-refractivity contribution is -0.464. The molecule has 0 fully saturated rings. The maximum absolute atomic E-state index is 15.0. The fourth-order valence-corrected chi connectivity index (χ4v) is 4.24. The maximum Gasteiger partial charge on any atom is 0.460 e. The number of fused-ring (bicyclic) bond motifs is 1. The van der Waals surface area contributed by atoms with Gasteiger partial charge in [0.05, 0.1) is 6.04 Å². The molecule has 0 spiro atoms. The van der Waals surface area contributed by atoms with Gasteiger partial charge in [0.2, 0.25) is 0 Å². The molecular formula is C28H18F17NO. The molecule has 1 N–H and O–H groups in total. The van der Waals surface area contributed by atoms with Crippen molar-refractivity contribution < 1.29 is 79.7 Å². The molecule has 0 radical (unpaired) electrons. The van der Waals surface area contributed by atoms with Gasteiger partial charge in [-0.2, -0.15) is 74.6 Å². The smallest absolute Gasteiger partial charge is 0.384 e. The molecule has 2 atom stereocenters. The number of aliphatic hydroxyl groups excluding tert-OH is 1. The molecule has 0 aliphatic heterocycles. The van der Waals surface area contributed by atoms with Crippen molar-refractivity contribution in [1.82, 2.24) is 0 Å². The predicted molar refractivity (Wildman–Crippen MR) is 132 cm³/mol. The molecule has 3 rings (SSSR count). The normalized spacial score (nSPS) is 16.1. The quantitative estimate of drug-likeness (QED) is 0.148. The van der Waals surface area contributed by atoms with Crippen molar-refractivity contribution >= 4 is 17.0 Å². The fourth-order valence-electron chi connectivity index (χ4n) is 4.24. The zero-order chi connectivity index (χ0) is 36.1. The number of benzene rings is 3. The Morgan fingerprint density at radius 1 is 0.532 bits per heavy atom. The topological polar surface area (TPSA) is 32.6 Å². The van der Waals surface area contributed by atoms with Gasteiger partial charge in [-0.15, -0.1) is 0 Å². The summed E-state index contributed by atoms with van der Waals surface area (Å²) < 4.78 is 234. The third kappa shape index (κ3) is 5.99. The molecule has 47 heavy (non-hydrogen) atoms. The van der Waals surface area contributed by atoms with Crippen molar-refractivity contribution in [3.8, 4) is 0 Å². The number of aliphatic imine (C=N–C) groups is 1. The Kier molecular flexibility index (Phi) is 9.74. The molecule has 0 unspecified atom stereocenters. The highest BCUT2D eigenvalue weighted by Crippen LogP contribution is 2.64. The summed E-state index contributed by atoms with van der Waals surface area (Å²) >= 11 is 0. The Morgan fingerprint density at radius 3 is 1.51 bits per heavy atom. The molecule has 0 aliphatic rings. The summed E-state index contributed by atoms with van der Waals surface area (Å²) in [7, 11) is 0. The summed E-state index contributed by atoms with van der Waals surface area (Å²) in [5, 5.41) is 11.0. The monoisotopic (exact) mass is 707 g/mol. The molecule has 0 heterocycles. The first-order chi connectivity index (χ1) is 21.2. The van der Waals surface area contributed by atoms with Gasteiger partial charge in [0.1, 0.15) is 6.10 Å². The van der Waals surface area contributed by atoms with Crippen LogP contribution in [0.4, 0.5) is 74.6 Å². The van der Waals surface area contributed by atoms with E-state index in [2.05, 4.69) is 4.99 Å². The van der Waals surface area contributed by atoms with E-state index in [-0.39, 0.29) is 11.1 Å². The Balaban J connectivity index is 2.11. The van der Waals surface area contributed by atoms with Crippen molar-refractivity contribution in [3.05, 3.63) is 83.9 Å². The van der Waals surface area contributed by atoms with Gasteiger partial charge in [-0.3, -0.25) is 4.99 Å². The summed E-state index contributed by atoms with van der Waals surface area (Å²) in [4.78, 5) is 3.50. The van der Waals surface area contributed by atoms with E-state index in [1.165, 1.54) is 42.5 Å². The zero-order valence-electron chi connectivity index (χ0n) is 22.7. The van der Waals surface area contributed by atoms with Crippen LogP contribution in [0.25, 0.3) is 10.8 Å². The first kappa shape index (κ1) is 37.8. The lowest BCUT2D eigenvalue weighted by Crippen LogP contribution is -2.75. The Bertz CT molecular complexity index is 1560. The van der Waals surface area contributed by atoms with Crippen LogP contribution in [0.15, 0.2) is 77.8 Å². The van der Waals surface area contributed by atoms with E-state index in [9.17, 15) is 71.0 Å². The maximum atomic E-state index is 15.0. The molecule has 0 aromatic heterocycles. The van der Waals surface area contributed by atoms with Crippen molar-refractivity contribution in [3.63, 3.8) is 0 Å². The highest BCUT2D eigenvalue weighted by molar-refractivity contribution is 5.99. The van der Waals surface area contributed by atoms with Gasteiger partial charge < -0.3 is 5.11 Å². The number of aliphatic hydroxyl groups is 1. The second-order valence-electron chi connectivity index (χ2n) is 10.1. The molecule has 0 aliphatic carbocycles. The van der Waals surface area contributed by atoms with Crippen LogP contribution in [0.5, 0.6) is 0 Å². The Morgan fingerprint density at radius 2 is 0.979 bits per heavy atom. The Hall–Kier alpha value is -3.64. The minimum absolute atomic E-state index is 0.0350. The van der Waals surface area contributed by atoms with Gasteiger partial charge in [0, 0.05) is 11.8 Å². The van der Waals surface area contributed by atoms with Gasteiger partial charge in [-0.1, -0.05) is 72.8 Å². The molecule has 260 valence electrons. The van der Waals surface area contributed by atoms with Gasteiger partial charge in [0.25, 0.3) is 0 Å². The minimum atomic E-state index is -8.76. The van der Waals surface area contributed by atoms with Crippen molar-refractivity contribution in [2.75, 3.05) is 0 Å². The van der Waals surface area contributed by atoms with Crippen LogP contribution < -0.4 is 0 Å². The molecule has 0 amide bonds. The molecule has 0 bridgehead atoms. The molecule has 3 aromatic carbocycles. The number of hydrogen-bond acceptors (Lipinski definition) is 2. The summed E-state index contributed by atoms with van der Waals surface area (Å²) in [5.74, 6) is -58.0. The number of halogens is 17. The van der Waals surface area contributed by atoms with E-state index >= 15 is 8.78 Å². The third-order valence-electron chi connectivity index (χ3n) is 7.00. The predicted octanol–water partition coefficient (Wildman–Crippen LogP) is 9.24. The van der Waals surface area contributed by atoms with Crippen LogP contribution in [0.1, 0.15) is 11.1 Å². The number of alkyl halides is 17. The average Bonchev–Trinajstić information content (AvgIpc) is 2.98. The minimum Gasteiger partial charge on any atom is -0.384 e. The molecule has 2 nitrogen and oxygen atoms in total. The Labute approximate surface area is 252 Å². The standard InChI is InChI=1S/C28H18F17NO/c29-21(30,22(31,32)23(33,34)24(35,36)25(37,38)26(39,40)27(41,42)28(43,44)45)20(47)19(13-15-7-2-1-3-8-15)46-14-17-11-6-10-16-9-4-5-12-18(16)17/h1-12,14,19-20,47H,13H2/t19-,20-/m0/s1. The largest absolute Gasteiger partial charge is 0.460 e. The first-order valence-electron chi connectivity index (χ1n) is 12.6. The number of hydrogen-bond donors (Lipinski definition) is 1. The van der Waals surface area contributed by atoms with Crippen LogP contribution in [-0.2, 0) is 6.42 Å². The SMILES string of the molecule is O[C@@H]([C@H](Cc1ccccc1)N=Cc1cccc2ccccc12)C(F)(F)C(F)(F)C(F)(F)C(F)(F)C(F)(F)C(F)(F)C(F)(F)C(F)(F)F. The second kappa shape index (κ2) is 12.1. The van der Waals surface area contributed by atoms with Gasteiger partial charge in [-0.05, 0) is 22.8 Å².